The van der Waals surface area contributed by atoms with Gasteiger partial charge in [-0.05, 0) is 31.4 Å². The second kappa shape index (κ2) is 6.32. The average Bonchev–Trinajstić information content (AvgIpc) is 3.14. The summed E-state index contributed by atoms with van der Waals surface area (Å²) in [5.74, 6) is 0.200. The van der Waals surface area contributed by atoms with Gasteiger partial charge in [-0.1, -0.05) is 36.0 Å². The molecule has 4 nitrogen and oxygen atoms in total. The van der Waals surface area contributed by atoms with Gasteiger partial charge >= 0.3 is 0 Å². The van der Waals surface area contributed by atoms with Crippen LogP contribution in [0.2, 0.25) is 10.0 Å². The maximum Gasteiger partial charge on any atom is 0.261 e. The van der Waals surface area contributed by atoms with Crippen LogP contribution in [-0.2, 0) is 9.05 Å². The van der Waals surface area contributed by atoms with Gasteiger partial charge in [0.05, 0.1) is 20.5 Å². The molecular formula is C13H14Cl3NO3S. The third-order valence-corrected chi connectivity index (χ3v) is 5.42. The highest BCUT2D eigenvalue weighted by Crippen LogP contribution is 2.34. The highest BCUT2D eigenvalue weighted by molar-refractivity contribution is 8.13. The molecule has 1 unspecified atom stereocenters. The monoisotopic (exact) mass is 369 g/mol. The molecule has 1 aliphatic carbocycles. The lowest BCUT2D eigenvalue weighted by molar-refractivity contribution is 0.0937. The number of hydrogen-bond donors (Lipinski definition) is 1. The maximum atomic E-state index is 12.2. The largest absolute Gasteiger partial charge is 0.350 e. The number of carbonyl (C=O) groups is 1. The van der Waals surface area contributed by atoms with Gasteiger partial charge in [0, 0.05) is 16.7 Å². The molecule has 1 atom stereocenters. The molecule has 0 heterocycles. The summed E-state index contributed by atoms with van der Waals surface area (Å²) in [7, 11) is 1.29. The fourth-order valence-corrected chi connectivity index (χ4v) is 3.35. The Kier molecular flexibility index (Phi) is 5.08. The Morgan fingerprint density at radius 3 is 2.52 bits per heavy atom. The van der Waals surface area contributed by atoms with Gasteiger partial charge in [0.25, 0.3) is 15.0 Å². The van der Waals surface area contributed by atoms with Crippen molar-refractivity contribution in [2.24, 2.45) is 5.92 Å². The zero-order valence-corrected chi connectivity index (χ0v) is 14.3. The van der Waals surface area contributed by atoms with Crippen molar-refractivity contribution in [2.75, 3.05) is 0 Å². The van der Waals surface area contributed by atoms with Crippen LogP contribution in [0.15, 0.2) is 17.0 Å². The highest BCUT2D eigenvalue weighted by Gasteiger charge is 2.25. The van der Waals surface area contributed by atoms with Crippen molar-refractivity contribution in [3.8, 4) is 0 Å². The molecule has 21 heavy (non-hydrogen) atoms. The van der Waals surface area contributed by atoms with Crippen molar-refractivity contribution in [1.29, 1.82) is 0 Å². The van der Waals surface area contributed by atoms with Crippen LogP contribution in [0, 0.1) is 5.92 Å². The zero-order valence-electron chi connectivity index (χ0n) is 11.2. The zero-order chi connectivity index (χ0) is 15.8. The van der Waals surface area contributed by atoms with Crippen LogP contribution in [0.5, 0.6) is 0 Å². The van der Waals surface area contributed by atoms with E-state index in [-0.39, 0.29) is 26.5 Å². The van der Waals surface area contributed by atoms with E-state index in [2.05, 4.69) is 5.32 Å². The number of amides is 1. The quantitative estimate of drug-likeness (QED) is 0.801. The maximum absolute atomic E-state index is 12.2. The Labute approximate surface area is 138 Å². The van der Waals surface area contributed by atoms with E-state index in [1.165, 1.54) is 12.8 Å². The van der Waals surface area contributed by atoms with Gasteiger partial charge in [0.15, 0.2) is 0 Å². The SMILES string of the molecule is CC(CC1CC1)NC(=O)c1cc(S(=O)(=O)Cl)cc(Cl)c1Cl. The third kappa shape index (κ3) is 4.49. The van der Waals surface area contributed by atoms with Gasteiger partial charge in [0.1, 0.15) is 0 Å². The Bertz CT molecular complexity index is 671. The Hall–Kier alpha value is -0.490. The van der Waals surface area contributed by atoms with Crippen LogP contribution in [0.1, 0.15) is 36.5 Å². The molecule has 1 fully saturated rings. The second-order valence-electron chi connectivity index (χ2n) is 5.26. The molecular weight excluding hydrogens is 357 g/mol. The predicted octanol–water partition coefficient (Wildman–Crippen LogP) is 3.84. The fourth-order valence-electron chi connectivity index (χ4n) is 2.08. The molecule has 1 N–H and O–H groups in total. The molecule has 116 valence electrons. The van der Waals surface area contributed by atoms with Crippen molar-refractivity contribution in [2.45, 2.75) is 37.1 Å². The molecule has 1 aromatic rings. The van der Waals surface area contributed by atoms with Gasteiger partial charge in [-0.25, -0.2) is 8.42 Å². The smallest absolute Gasteiger partial charge is 0.261 e. The number of rotatable bonds is 5. The first-order valence-corrected chi connectivity index (χ1v) is 9.49. The van der Waals surface area contributed by atoms with Crippen molar-refractivity contribution in [1.82, 2.24) is 5.32 Å². The molecule has 1 aliphatic rings. The van der Waals surface area contributed by atoms with Gasteiger partial charge in [0.2, 0.25) is 0 Å². The van der Waals surface area contributed by atoms with Crippen LogP contribution < -0.4 is 5.32 Å². The van der Waals surface area contributed by atoms with Crippen LogP contribution in [0.25, 0.3) is 0 Å². The minimum Gasteiger partial charge on any atom is -0.350 e. The lowest BCUT2D eigenvalue weighted by Crippen LogP contribution is -2.33. The van der Waals surface area contributed by atoms with E-state index < -0.39 is 15.0 Å². The molecule has 2 rings (SSSR count). The molecule has 0 bridgehead atoms. The number of hydrogen-bond acceptors (Lipinski definition) is 3. The summed E-state index contributed by atoms with van der Waals surface area (Å²) in [5, 5.41) is 2.78. The number of nitrogens with one attached hydrogen (secondary N) is 1. The standard InChI is InChI=1S/C13H14Cl3NO3S/c1-7(4-8-2-3-8)17-13(18)10-5-9(21(16,19)20)6-11(14)12(10)15/h5-8H,2-4H2,1H3,(H,17,18). The first-order valence-electron chi connectivity index (χ1n) is 6.43. The Morgan fingerprint density at radius 1 is 1.38 bits per heavy atom. The summed E-state index contributed by atoms with van der Waals surface area (Å²) in [4.78, 5) is 12.0. The lowest BCUT2D eigenvalue weighted by Gasteiger charge is -2.15. The van der Waals surface area contributed by atoms with Gasteiger partial charge < -0.3 is 5.32 Å². The third-order valence-electron chi connectivity index (χ3n) is 3.29. The number of halogens is 3. The summed E-state index contributed by atoms with van der Waals surface area (Å²) >= 11 is 11.8. The summed E-state index contributed by atoms with van der Waals surface area (Å²) < 4.78 is 22.8. The van der Waals surface area contributed by atoms with Gasteiger partial charge in [-0.2, -0.15) is 0 Å². The summed E-state index contributed by atoms with van der Waals surface area (Å²) in [6.07, 6.45) is 3.27. The number of benzene rings is 1. The fraction of sp³-hybridized carbons (Fsp3) is 0.462. The number of carbonyl (C=O) groups excluding carboxylic acids is 1. The molecule has 1 amide bonds. The van der Waals surface area contributed by atoms with Crippen molar-refractivity contribution in [3.63, 3.8) is 0 Å². The molecule has 1 saturated carbocycles. The lowest BCUT2D eigenvalue weighted by atomic mass is 10.1. The first kappa shape index (κ1) is 16.9. The predicted molar refractivity (Wildman–Crippen MR) is 83.8 cm³/mol. The summed E-state index contributed by atoms with van der Waals surface area (Å²) in [6.45, 7) is 1.90. The van der Waals surface area contributed by atoms with Crippen LogP contribution in [0.4, 0.5) is 0 Å². The van der Waals surface area contributed by atoms with Gasteiger partial charge in [-0.3, -0.25) is 4.79 Å². The second-order valence-corrected chi connectivity index (χ2v) is 8.61. The minimum absolute atomic E-state index is 0.00559. The molecule has 0 saturated heterocycles. The Morgan fingerprint density at radius 2 is 2.00 bits per heavy atom. The van der Waals surface area contributed by atoms with Crippen LogP contribution >= 0.6 is 33.9 Å². The van der Waals surface area contributed by atoms with E-state index >= 15 is 0 Å². The molecule has 8 heteroatoms. The normalized spacial score (nSPS) is 16.6. The molecule has 0 aliphatic heterocycles. The van der Waals surface area contributed by atoms with Crippen LogP contribution in [-0.4, -0.2) is 20.4 Å². The minimum atomic E-state index is -3.99. The van der Waals surface area contributed by atoms with E-state index in [9.17, 15) is 13.2 Å². The Balaban J connectivity index is 2.24. The average molecular weight is 371 g/mol. The molecule has 1 aromatic carbocycles. The van der Waals surface area contributed by atoms with E-state index in [1.807, 2.05) is 6.92 Å². The van der Waals surface area contributed by atoms with Crippen LogP contribution in [0.3, 0.4) is 0 Å². The van der Waals surface area contributed by atoms with E-state index in [4.69, 9.17) is 33.9 Å². The summed E-state index contributed by atoms with van der Waals surface area (Å²) in [5.41, 5.74) is 0.00559. The molecule has 0 radical (unpaired) electrons. The topological polar surface area (TPSA) is 63.2 Å². The summed E-state index contributed by atoms with van der Waals surface area (Å²) in [6, 6.07) is 2.24. The van der Waals surface area contributed by atoms with E-state index in [0.717, 1.165) is 18.6 Å². The van der Waals surface area contributed by atoms with Gasteiger partial charge in [-0.15, -0.1) is 0 Å². The van der Waals surface area contributed by atoms with Crippen molar-refractivity contribution >= 4 is 48.8 Å². The van der Waals surface area contributed by atoms with E-state index in [1.54, 1.807) is 0 Å². The first-order chi connectivity index (χ1) is 9.68. The van der Waals surface area contributed by atoms with Crippen molar-refractivity contribution < 1.29 is 13.2 Å². The highest BCUT2D eigenvalue weighted by atomic mass is 35.7. The molecule has 0 aromatic heterocycles. The molecule has 0 spiro atoms. The van der Waals surface area contributed by atoms with Crippen molar-refractivity contribution in [3.05, 3.63) is 27.7 Å². The van der Waals surface area contributed by atoms with E-state index in [0.29, 0.717) is 5.92 Å².